The monoisotopic (exact) mass is 512 g/mol. The van der Waals surface area contributed by atoms with Crippen molar-refractivity contribution in [2.45, 2.75) is 64.2 Å². The first kappa shape index (κ1) is 28.6. The molecule has 0 amide bonds. The van der Waals surface area contributed by atoms with Crippen molar-refractivity contribution in [2.24, 2.45) is 0 Å². The van der Waals surface area contributed by atoms with Gasteiger partial charge in [-0.2, -0.15) is 5.06 Å². The van der Waals surface area contributed by atoms with Crippen LogP contribution in [0.25, 0.3) is 0 Å². The Kier molecular flexibility index (Phi) is 11.9. The molecule has 190 valence electrons. The number of piperazine rings is 1. The van der Waals surface area contributed by atoms with Gasteiger partial charge in [0.25, 0.3) is 0 Å². The average Bonchev–Trinajstić information content (AvgIpc) is 2.85. The van der Waals surface area contributed by atoms with Gasteiger partial charge >= 0.3 is 5.97 Å². The molecule has 3 saturated heterocycles. The van der Waals surface area contributed by atoms with Crippen molar-refractivity contribution in [3.05, 3.63) is 41.6 Å². The number of rotatable bonds is 6. The van der Waals surface area contributed by atoms with Crippen molar-refractivity contribution in [2.75, 3.05) is 39.3 Å². The second-order valence-corrected chi connectivity index (χ2v) is 9.12. The molecule has 3 aliphatic heterocycles. The molecule has 1 aromatic rings. The zero-order valence-electron chi connectivity index (χ0n) is 20.1. The molecule has 0 bridgehead atoms. The van der Waals surface area contributed by atoms with Gasteiger partial charge in [0.1, 0.15) is 11.6 Å². The van der Waals surface area contributed by atoms with Crippen LogP contribution in [0.2, 0.25) is 0 Å². The van der Waals surface area contributed by atoms with Crippen molar-refractivity contribution in [3.63, 3.8) is 0 Å². The number of carbonyl (C=O) groups is 1. The fourth-order valence-electron chi connectivity index (χ4n) is 5.31. The van der Waals surface area contributed by atoms with Crippen molar-refractivity contribution in [1.82, 2.24) is 19.8 Å². The largest absolute Gasteiger partial charge is 0.340 e. The summed E-state index contributed by atoms with van der Waals surface area (Å²) in [5.41, 5.74) is 1.86. The van der Waals surface area contributed by atoms with Crippen LogP contribution in [0.15, 0.2) is 36.0 Å². The highest BCUT2D eigenvalue weighted by Gasteiger charge is 2.35. The molecule has 9 heteroatoms. The number of likely N-dealkylation sites (tertiary alicyclic amines) is 1. The Morgan fingerprint density at radius 2 is 1.68 bits per heavy atom. The van der Waals surface area contributed by atoms with Gasteiger partial charge in [0, 0.05) is 51.6 Å². The van der Waals surface area contributed by atoms with Crippen molar-refractivity contribution < 1.29 is 14.4 Å². The molecule has 0 spiro atoms. The maximum absolute atomic E-state index is 11.6. The highest BCUT2D eigenvalue weighted by molar-refractivity contribution is 5.85. The van der Waals surface area contributed by atoms with E-state index >= 15 is 0 Å². The molecule has 2 unspecified atom stereocenters. The zero-order valence-corrected chi connectivity index (χ0v) is 21.7. The molecule has 0 N–H and O–H groups in total. The van der Waals surface area contributed by atoms with Crippen LogP contribution >= 0.6 is 24.8 Å². The number of halogens is 2. The number of hydrogen-bond acceptors (Lipinski definition) is 7. The summed E-state index contributed by atoms with van der Waals surface area (Å²) in [5.74, 6) is 1.71. The van der Waals surface area contributed by atoms with E-state index in [4.69, 9.17) is 4.84 Å². The predicted molar refractivity (Wildman–Crippen MR) is 137 cm³/mol. The number of carbonyl (C=O) groups excluding carboxylic acids is 2. The maximum Gasteiger partial charge on any atom is 0.332 e. The molecule has 1 aromatic carbocycles. The van der Waals surface area contributed by atoms with Crippen LogP contribution in [-0.4, -0.2) is 83.1 Å². The van der Waals surface area contributed by atoms with E-state index in [2.05, 4.69) is 45.0 Å². The van der Waals surface area contributed by atoms with Gasteiger partial charge in [-0.05, 0) is 37.8 Å². The Hall–Kier alpha value is -1.60. The molecule has 3 fully saturated rings. The first-order chi connectivity index (χ1) is 15.7. The zero-order chi connectivity index (χ0) is 22.3. The third kappa shape index (κ3) is 7.20. The highest BCUT2D eigenvalue weighted by atomic mass is 35.5. The lowest BCUT2D eigenvalue weighted by molar-refractivity contribution is -0.185. The Bertz CT molecular complexity index is 814. The molecule has 3 heterocycles. The van der Waals surface area contributed by atoms with Crippen LogP contribution < -0.4 is 0 Å². The molecule has 0 aliphatic carbocycles. The topological polar surface area (TPSA) is 56.3 Å². The molecule has 7 nitrogen and oxygen atoms in total. The van der Waals surface area contributed by atoms with E-state index in [0.29, 0.717) is 37.3 Å². The molecule has 34 heavy (non-hydrogen) atoms. The number of hydroxylamine groups is 2. The molecule has 0 saturated carbocycles. The summed E-state index contributed by atoms with van der Waals surface area (Å²) in [6.45, 7) is 8.65. The van der Waals surface area contributed by atoms with Crippen LogP contribution in [-0.2, 0) is 21.0 Å². The second-order valence-electron chi connectivity index (χ2n) is 9.12. The highest BCUT2D eigenvalue weighted by Crippen LogP contribution is 2.27. The minimum absolute atomic E-state index is 0. The lowest BCUT2D eigenvalue weighted by Gasteiger charge is -2.48. The summed E-state index contributed by atoms with van der Waals surface area (Å²) in [4.78, 5) is 36.2. The Balaban J connectivity index is 0.00000204. The Morgan fingerprint density at radius 1 is 0.971 bits per heavy atom. The molecular formula is C25H38Cl2N4O3. The smallest absolute Gasteiger partial charge is 0.332 e. The van der Waals surface area contributed by atoms with E-state index in [-0.39, 0.29) is 30.8 Å². The standard InChI is InChI=1S/C25H36N4O3.2ClH/c1-2-25(31)32-29-13-11-22(18-23(29)20-30)26-14-16-27(17-15-26)24-10-6-7-12-28(24)19-21-8-4-3-5-9-21;;/h3-5,8-9,22,24H,2,6-7,10-19H2,1H3;2*1H. The van der Waals surface area contributed by atoms with Crippen molar-refractivity contribution in [1.29, 1.82) is 0 Å². The maximum atomic E-state index is 11.6. The SMILES string of the molecule is CCC(=O)ON1CCC(N2CCN(C3CCCCN3Cc3ccccc3)CC2)CC1=C=O.Cl.Cl. The van der Waals surface area contributed by atoms with E-state index in [0.717, 1.165) is 39.1 Å². The van der Waals surface area contributed by atoms with E-state index in [9.17, 15) is 9.59 Å². The number of benzene rings is 1. The summed E-state index contributed by atoms with van der Waals surface area (Å²) >= 11 is 0. The van der Waals surface area contributed by atoms with E-state index in [1.807, 2.05) is 5.94 Å². The van der Waals surface area contributed by atoms with Crippen LogP contribution in [0.1, 0.15) is 51.0 Å². The van der Waals surface area contributed by atoms with Gasteiger partial charge in [0.05, 0.1) is 12.7 Å². The second kappa shape index (κ2) is 14.1. The number of nitrogens with zero attached hydrogens (tertiary/aromatic N) is 4. The fraction of sp³-hybridized carbons (Fsp3) is 0.640. The lowest BCUT2D eigenvalue weighted by atomic mass is 10.00. The minimum atomic E-state index is -0.308. The normalized spacial score (nSPS) is 24.5. The van der Waals surface area contributed by atoms with Crippen molar-refractivity contribution >= 4 is 36.7 Å². The third-order valence-corrected chi connectivity index (χ3v) is 7.11. The van der Waals surface area contributed by atoms with Crippen molar-refractivity contribution in [3.8, 4) is 0 Å². The van der Waals surface area contributed by atoms with Crippen LogP contribution in [0, 0.1) is 0 Å². The third-order valence-electron chi connectivity index (χ3n) is 7.11. The molecule has 0 radical (unpaired) electrons. The van der Waals surface area contributed by atoms with Crippen LogP contribution in [0.3, 0.4) is 0 Å². The van der Waals surface area contributed by atoms with Gasteiger partial charge in [0.15, 0.2) is 0 Å². The number of hydrogen-bond donors (Lipinski definition) is 0. The average molecular weight is 514 g/mol. The number of piperidine rings is 2. The molecule has 3 aliphatic rings. The summed E-state index contributed by atoms with van der Waals surface area (Å²) in [6.07, 6.45) is 6.15. The molecule has 4 rings (SSSR count). The predicted octanol–water partition coefficient (Wildman–Crippen LogP) is 3.51. The summed E-state index contributed by atoms with van der Waals surface area (Å²) in [7, 11) is 0. The fourth-order valence-corrected chi connectivity index (χ4v) is 5.31. The first-order valence-corrected chi connectivity index (χ1v) is 12.2. The van der Waals surface area contributed by atoms with Crippen LogP contribution in [0.4, 0.5) is 0 Å². The van der Waals surface area contributed by atoms with Gasteiger partial charge in [-0.15, -0.1) is 24.8 Å². The van der Waals surface area contributed by atoms with Gasteiger partial charge < -0.3 is 4.84 Å². The van der Waals surface area contributed by atoms with Gasteiger partial charge in [0.2, 0.25) is 0 Å². The minimum Gasteiger partial charge on any atom is -0.340 e. The van der Waals surface area contributed by atoms with Gasteiger partial charge in [-0.3, -0.25) is 14.7 Å². The Morgan fingerprint density at radius 3 is 2.35 bits per heavy atom. The summed E-state index contributed by atoms with van der Waals surface area (Å²) in [5, 5.41) is 1.45. The van der Waals surface area contributed by atoms with Gasteiger partial charge in [-0.25, -0.2) is 9.59 Å². The van der Waals surface area contributed by atoms with Gasteiger partial charge in [-0.1, -0.05) is 37.3 Å². The lowest BCUT2D eigenvalue weighted by Crippen LogP contribution is -2.59. The van der Waals surface area contributed by atoms with E-state index in [1.54, 1.807) is 6.92 Å². The molecular weight excluding hydrogens is 475 g/mol. The Labute approximate surface area is 215 Å². The summed E-state index contributed by atoms with van der Waals surface area (Å²) < 4.78 is 0. The summed E-state index contributed by atoms with van der Waals surface area (Å²) in [6, 6.07) is 11.1. The van der Waals surface area contributed by atoms with E-state index < -0.39 is 0 Å². The molecule has 2 atom stereocenters. The van der Waals surface area contributed by atoms with Crippen LogP contribution in [0.5, 0.6) is 0 Å². The quantitative estimate of drug-likeness (QED) is 0.540. The molecule has 0 aromatic heterocycles. The first-order valence-electron chi connectivity index (χ1n) is 12.2. The van der Waals surface area contributed by atoms with E-state index in [1.165, 1.54) is 36.4 Å².